The Morgan fingerprint density at radius 2 is 1.27 bits per heavy atom. The number of nitrogen functional groups attached to an aromatic ring is 1. The number of benzene rings is 2. The van der Waals surface area contributed by atoms with Gasteiger partial charge in [-0.15, -0.1) is 0 Å². The molecule has 0 amide bonds. The van der Waals surface area contributed by atoms with E-state index in [9.17, 15) is 0 Å². The first-order chi connectivity index (χ1) is 7.33. The first-order valence-corrected chi connectivity index (χ1v) is 5.03. The van der Waals surface area contributed by atoms with E-state index < -0.39 is 0 Å². The number of anilines is 2. The highest BCUT2D eigenvalue weighted by molar-refractivity contribution is 7.81. The second kappa shape index (κ2) is 6.79. The van der Waals surface area contributed by atoms with Crippen LogP contribution in [-0.2, 0) is 0 Å². The van der Waals surface area contributed by atoms with Crippen LogP contribution in [0.25, 0.3) is 0 Å². The SMILES string of the molecule is Nc1ccccc1.SNc1ccccc1. The fraction of sp³-hybridized carbons (Fsp3) is 0. The Morgan fingerprint density at radius 3 is 1.53 bits per heavy atom. The molecule has 15 heavy (non-hydrogen) atoms. The molecule has 3 N–H and O–H groups in total. The quantitative estimate of drug-likeness (QED) is 0.508. The third-order valence-corrected chi connectivity index (χ3v) is 1.96. The molecular formula is C12H14N2S. The average Bonchev–Trinajstić information content (AvgIpc) is 2.32. The van der Waals surface area contributed by atoms with Gasteiger partial charge in [0, 0.05) is 11.4 Å². The van der Waals surface area contributed by atoms with Crippen molar-refractivity contribution in [3.8, 4) is 0 Å². The number of nitrogens with one attached hydrogen (secondary N) is 1. The molecule has 0 saturated heterocycles. The van der Waals surface area contributed by atoms with Gasteiger partial charge >= 0.3 is 0 Å². The molecule has 0 saturated carbocycles. The summed E-state index contributed by atoms with van der Waals surface area (Å²) in [4.78, 5) is 0. The van der Waals surface area contributed by atoms with Crippen LogP contribution >= 0.6 is 12.8 Å². The largest absolute Gasteiger partial charge is 0.399 e. The van der Waals surface area contributed by atoms with Gasteiger partial charge in [-0.25, -0.2) is 0 Å². The Bertz CT molecular complexity index is 362. The van der Waals surface area contributed by atoms with Gasteiger partial charge in [0.25, 0.3) is 0 Å². The zero-order valence-electron chi connectivity index (χ0n) is 8.30. The molecule has 0 aliphatic carbocycles. The van der Waals surface area contributed by atoms with Crippen LogP contribution in [0.3, 0.4) is 0 Å². The standard InChI is InChI=1S/C6H7NS.C6H7N/c8-7-6-4-2-1-3-5-6;7-6-4-2-1-3-5-6/h1-5,7-8H;1-5H,7H2. The van der Waals surface area contributed by atoms with Gasteiger partial charge in [0.15, 0.2) is 0 Å². The number of rotatable bonds is 1. The fourth-order valence-electron chi connectivity index (χ4n) is 0.966. The minimum atomic E-state index is 0.822. The minimum absolute atomic E-state index is 0.822. The van der Waals surface area contributed by atoms with E-state index in [0.29, 0.717) is 0 Å². The average molecular weight is 218 g/mol. The van der Waals surface area contributed by atoms with Gasteiger partial charge in [-0.3, -0.25) is 0 Å². The summed E-state index contributed by atoms with van der Waals surface area (Å²) in [6.45, 7) is 0. The molecule has 2 nitrogen and oxygen atoms in total. The molecule has 0 heterocycles. The fourth-order valence-corrected chi connectivity index (χ4v) is 1.11. The van der Waals surface area contributed by atoms with Gasteiger partial charge in [0.2, 0.25) is 0 Å². The van der Waals surface area contributed by atoms with Crippen LogP contribution in [0.5, 0.6) is 0 Å². The number of thiol groups is 1. The molecule has 0 spiro atoms. The van der Waals surface area contributed by atoms with Crippen LogP contribution in [0.15, 0.2) is 60.7 Å². The summed E-state index contributed by atoms with van der Waals surface area (Å²) < 4.78 is 2.72. The number of para-hydroxylation sites is 2. The van der Waals surface area contributed by atoms with Gasteiger partial charge in [0.1, 0.15) is 0 Å². The molecule has 0 radical (unpaired) electrons. The summed E-state index contributed by atoms with van der Waals surface area (Å²) >= 11 is 3.86. The molecule has 2 aromatic rings. The van der Waals surface area contributed by atoms with Gasteiger partial charge in [-0.2, -0.15) is 0 Å². The van der Waals surface area contributed by atoms with Crippen molar-refractivity contribution in [1.82, 2.24) is 0 Å². The van der Waals surface area contributed by atoms with E-state index >= 15 is 0 Å². The Labute approximate surface area is 95.7 Å². The first-order valence-electron chi connectivity index (χ1n) is 4.58. The van der Waals surface area contributed by atoms with Gasteiger partial charge in [-0.1, -0.05) is 49.2 Å². The third-order valence-electron chi connectivity index (χ3n) is 1.70. The van der Waals surface area contributed by atoms with Crippen molar-refractivity contribution >= 4 is 24.2 Å². The zero-order valence-corrected chi connectivity index (χ0v) is 9.19. The summed E-state index contributed by atoms with van der Waals surface area (Å²) in [5.74, 6) is 0. The van der Waals surface area contributed by atoms with Crippen molar-refractivity contribution in [3.05, 3.63) is 60.7 Å². The van der Waals surface area contributed by atoms with Crippen LogP contribution < -0.4 is 10.5 Å². The van der Waals surface area contributed by atoms with Gasteiger partial charge in [-0.05, 0) is 24.3 Å². The summed E-state index contributed by atoms with van der Waals surface area (Å²) in [6.07, 6.45) is 0. The number of nitrogens with two attached hydrogens (primary N) is 1. The van der Waals surface area contributed by atoms with E-state index in [2.05, 4.69) is 17.5 Å². The molecule has 78 valence electrons. The maximum absolute atomic E-state index is 5.36. The van der Waals surface area contributed by atoms with Crippen LogP contribution in [0, 0.1) is 0 Å². The lowest BCUT2D eigenvalue weighted by Crippen LogP contribution is -1.79. The number of hydrogen-bond donors (Lipinski definition) is 3. The van der Waals surface area contributed by atoms with Crippen molar-refractivity contribution in [1.29, 1.82) is 0 Å². The molecule has 0 fully saturated rings. The maximum Gasteiger partial charge on any atom is 0.0437 e. The molecule has 2 rings (SSSR count). The van der Waals surface area contributed by atoms with E-state index in [1.807, 2.05) is 60.7 Å². The molecule has 0 aliphatic heterocycles. The first kappa shape index (κ1) is 11.5. The summed E-state index contributed by atoms with van der Waals surface area (Å²) in [5, 5.41) is 0. The zero-order chi connectivity index (χ0) is 10.9. The van der Waals surface area contributed by atoms with E-state index in [0.717, 1.165) is 11.4 Å². The Morgan fingerprint density at radius 1 is 0.800 bits per heavy atom. The highest BCUT2D eigenvalue weighted by atomic mass is 32.1. The van der Waals surface area contributed by atoms with E-state index in [4.69, 9.17) is 5.73 Å². The molecule has 0 unspecified atom stereocenters. The molecule has 2 aromatic carbocycles. The summed E-state index contributed by atoms with van der Waals surface area (Å²) in [6, 6.07) is 19.3. The third kappa shape index (κ3) is 4.98. The topological polar surface area (TPSA) is 38.0 Å². The van der Waals surface area contributed by atoms with E-state index in [-0.39, 0.29) is 0 Å². The van der Waals surface area contributed by atoms with Crippen molar-refractivity contribution in [2.75, 3.05) is 10.5 Å². The lowest BCUT2D eigenvalue weighted by atomic mass is 10.3. The van der Waals surface area contributed by atoms with Crippen LogP contribution in [-0.4, -0.2) is 0 Å². The Hall–Kier alpha value is -1.61. The van der Waals surface area contributed by atoms with Crippen LogP contribution in [0.1, 0.15) is 0 Å². The molecule has 0 atom stereocenters. The second-order valence-corrected chi connectivity index (χ2v) is 3.11. The van der Waals surface area contributed by atoms with Crippen LogP contribution in [0.2, 0.25) is 0 Å². The number of hydrogen-bond acceptors (Lipinski definition) is 3. The smallest absolute Gasteiger partial charge is 0.0437 e. The van der Waals surface area contributed by atoms with E-state index in [1.165, 1.54) is 0 Å². The van der Waals surface area contributed by atoms with Crippen LogP contribution in [0.4, 0.5) is 11.4 Å². The van der Waals surface area contributed by atoms with Gasteiger partial charge < -0.3 is 10.5 Å². The summed E-state index contributed by atoms with van der Waals surface area (Å²) in [5.41, 5.74) is 7.20. The maximum atomic E-state index is 5.36. The lowest BCUT2D eigenvalue weighted by molar-refractivity contribution is 1.69. The Kier molecular flexibility index (Phi) is 5.19. The molecular weight excluding hydrogens is 204 g/mol. The van der Waals surface area contributed by atoms with E-state index in [1.54, 1.807) is 0 Å². The molecule has 3 heteroatoms. The predicted molar refractivity (Wildman–Crippen MR) is 69.9 cm³/mol. The lowest BCUT2D eigenvalue weighted by Gasteiger charge is -1.92. The van der Waals surface area contributed by atoms with Crippen molar-refractivity contribution in [2.24, 2.45) is 0 Å². The monoisotopic (exact) mass is 218 g/mol. The summed E-state index contributed by atoms with van der Waals surface area (Å²) in [7, 11) is 0. The molecule has 0 aromatic heterocycles. The minimum Gasteiger partial charge on any atom is -0.399 e. The molecule has 0 aliphatic rings. The predicted octanol–water partition coefficient (Wildman–Crippen LogP) is 3.21. The van der Waals surface area contributed by atoms with Crippen molar-refractivity contribution in [2.45, 2.75) is 0 Å². The highest BCUT2D eigenvalue weighted by Gasteiger charge is 1.78. The van der Waals surface area contributed by atoms with Crippen molar-refractivity contribution < 1.29 is 0 Å². The second-order valence-electron chi connectivity index (χ2n) is 2.89. The molecule has 0 bridgehead atoms. The Balaban J connectivity index is 0.000000151. The van der Waals surface area contributed by atoms with Gasteiger partial charge in [0.05, 0.1) is 0 Å². The van der Waals surface area contributed by atoms with Crippen molar-refractivity contribution in [3.63, 3.8) is 0 Å². The normalized spacial score (nSPS) is 8.60. The highest BCUT2D eigenvalue weighted by Crippen LogP contribution is 2.04.